The molecular formula is C16H25N3O2. The number of hydrogen-bond donors (Lipinski definition) is 0. The minimum absolute atomic E-state index is 0.0456. The summed E-state index contributed by atoms with van der Waals surface area (Å²) in [6.45, 7) is 7.43. The number of nitriles is 1. The second-order valence-electron chi connectivity index (χ2n) is 6.92. The van der Waals surface area contributed by atoms with Gasteiger partial charge in [-0.25, -0.2) is 0 Å². The van der Waals surface area contributed by atoms with Crippen LogP contribution in [-0.4, -0.2) is 60.1 Å². The Morgan fingerprint density at radius 2 is 2.05 bits per heavy atom. The molecule has 0 aromatic rings. The molecule has 0 aromatic carbocycles. The predicted octanol–water partition coefficient (Wildman–Crippen LogP) is 1.39. The number of fused-ring (bicyclic) bond motifs is 1. The van der Waals surface area contributed by atoms with E-state index in [1.165, 1.54) is 0 Å². The molecule has 3 fully saturated rings. The van der Waals surface area contributed by atoms with Gasteiger partial charge in [-0.15, -0.1) is 0 Å². The van der Waals surface area contributed by atoms with Crippen LogP contribution in [0.4, 0.5) is 0 Å². The van der Waals surface area contributed by atoms with E-state index in [1.54, 1.807) is 0 Å². The lowest BCUT2D eigenvalue weighted by atomic mass is 9.86. The van der Waals surface area contributed by atoms with Crippen molar-refractivity contribution >= 4 is 5.91 Å². The Bertz CT molecular complexity index is 451. The standard InChI is InChI=1S/C16H25N3O2/c1-12(2)19-7-8-21-14-10-18(9-13(14)19)15(20)16(11-17)5-3-4-6-16/h12-14H,3-10H2,1-2H3. The lowest BCUT2D eigenvalue weighted by molar-refractivity contribution is -0.138. The van der Waals surface area contributed by atoms with Crippen molar-refractivity contribution in [3.63, 3.8) is 0 Å². The van der Waals surface area contributed by atoms with Crippen LogP contribution in [0.2, 0.25) is 0 Å². The molecule has 2 atom stereocenters. The number of amides is 1. The molecule has 3 aliphatic rings. The molecule has 0 bridgehead atoms. The Labute approximate surface area is 126 Å². The van der Waals surface area contributed by atoms with Crippen LogP contribution in [0.15, 0.2) is 0 Å². The van der Waals surface area contributed by atoms with Crippen molar-refractivity contribution in [3.05, 3.63) is 0 Å². The zero-order valence-corrected chi connectivity index (χ0v) is 13.0. The van der Waals surface area contributed by atoms with Gasteiger partial charge in [0.15, 0.2) is 0 Å². The summed E-state index contributed by atoms with van der Waals surface area (Å²) < 4.78 is 5.87. The summed E-state index contributed by atoms with van der Waals surface area (Å²) in [5.74, 6) is 0.0456. The molecule has 0 N–H and O–H groups in total. The minimum atomic E-state index is -0.754. The highest BCUT2D eigenvalue weighted by molar-refractivity contribution is 5.86. The zero-order chi connectivity index (χ0) is 15.0. The number of hydrogen-bond acceptors (Lipinski definition) is 4. The Morgan fingerprint density at radius 1 is 1.33 bits per heavy atom. The summed E-state index contributed by atoms with van der Waals surface area (Å²) in [6.07, 6.45) is 3.55. The third-order valence-electron chi connectivity index (χ3n) is 5.38. The highest BCUT2D eigenvalue weighted by Gasteiger charge is 2.49. The summed E-state index contributed by atoms with van der Waals surface area (Å²) in [7, 11) is 0. The van der Waals surface area contributed by atoms with Crippen LogP contribution in [0.5, 0.6) is 0 Å². The normalized spacial score (nSPS) is 32.2. The molecule has 2 heterocycles. The molecule has 0 radical (unpaired) electrons. The first-order valence-electron chi connectivity index (χ1n) is 8.15. The van der Waals surface area contributed by atoms with Crippen molar-refractivity contribution in [3.8, 4) is 6.07 Å². The Balaban J connectivity index is 1.74. The van der Waals surface area contributed by atoms with Gasteiger partial charge in [0.25, 0.3) is 0 Å². The quantitative estimate of drug-likeness (QED) is 0.771. The fourth-order valence-corrected chi connectivity index (χ4v) is 4.18. The maximum absolute atomic E-state index is 12.8. The lowest BCUT2D eigenvalue weighted by Crippen LogP contribution is -2.53. The van der Waals surface area contributed by atoms with E-state index in [0.29, 0.717) is 25.2 Å². The molecule has 5 heteroatoms. The van der Waals surface area contributed by atoms with E-state index in [1.807, 2.05) is 4.90 Å². The number of ether oxygens (including phenoxy) is 1. The van der Waals surface area contributed by atoms with Crippen LogP contribution >= 0.6 is 0 Å². The lowest BCUT2D eigenvalue weighted by Gasteiger charge is -2.39. The van der Waals surface area contributed by atoms with Gasteiger partial charge in [0.2, 0.25) is 5.91 Å². The van der Waals surface area contributed by atoms with E-state index in [0.717, 1.165) is 38.8 Å². The van der Waals surface area contributed by atoms with Crippen molar-refractivity contribution in [2.45, 2.75) is 57.7 Å². The van der Waals surface area contributed by atoms with Gasteiger partial charge in [-0.1, -0.05) is 12.8 Å². The van der Waals surface area contributed by atoms with Gasteiger partial charge >= 0.3 is 0 Å². The van der Waals surface area contributed by atoms with Crippen molar-refractivity contribution < 1.29 is 9.53 Å². The summed E-state index contributed by atoms with van der Waals surface area (Å²) in [5.41, 5.74) is -0.754. The Morgan fingerprint density at radius 3 is 2.67 bits per heavy atom. The number of rotatable bonds is 2. The van der Waals surface area contributed by atoms with Crippen LogP contribution in [0, 0.1) is 16.7 Å². The Hall–Kier alpha value is -1.12. The van der Waals surface area contributed by atoms with Gasteiger partial charge in [-0.05, 0) is 26.7 Å². The van der Waals surface area contributed by atoms with Gasteiger partial charge < -0.3 is 9.64 Å². The third-order valence-corrected chi connectivity index (χ3v) is 5.38. The molecule has 2 unspecified atom stereocenters. The molecule has 1 amide bonds. The summed E-state index contributed by atoms with van der Waals surface area (Å²) in [4.78, 5) is 17.2. The number of likely N-dealkylation sites (tertiary alicyclic amines) is 1. The first kappa shape index (κ1) is 14.8. The molecule has 1 aliphatic carbocycles. The second kappa shape index (κ2) is 5.58. The van der Waals surface area contributed by atoms with Crippen LogP contribution in [0.3, 0.4) is 0 Å². The molecule has 2 saturated heterocycles. The first-order chi connectivity index (χ1) is 10.1. The average molecular weight is 291 g/mol. The van der Waals surface area contributed by atoms with E-state index in [4.69, 9.17) is 4.74 Å². The van der Waals surface area contributed by atoms with E-state index in [-0.39, 0.29) is 12.0 Å². The number of nitrogens with zero attached hydrogens (tertiary/aromatic N) is 3. The van der Waals surface area contributed by atoms with Crippen molar-refractivity contribution in [2.24, 2.45) is 5.41 Å². The fraction of sp³-hybridized carbons (Fsp3) is 0.875. The molecule has 0 spiro atoms. The summed E-state index contributed by atoms with van der Waals surface area (Å²) in [5, 5.41) is 9.51. The zero-order valence-electron chi connectivity index (χ0n) is 13.0. The molecule has 3 rings (SSSR count). The van der Waals surface area contributed by atoms with E-state index < -0.39 is 5.41 Å². The SMILES string of the molecule is CC(C)N1CCOC2CN(C(=O)C3(C#N)CCCC3)CC21. The van der Waals surface area contributed by atoms with Crippen molar-refractivity contribution in [1.29, 1.82) is 5.26 Å². The molecule has 21 heavy (non-hydrogen) atoms. The van der Waals surface area contributed by atoms with E-state index in [9.17, 15) is 10.1 Å². The number of carbonyl (C=O) groups is 1. The summed E-state index contributed by atoms with van der Waals surface area (Å²) >= 11 is 0. The van der Waals surface area contributed by atoms with Gasteiger partial charge in [-0.2, -0.15) is 5.26 Å². The smallest absolute Gasteiger partial charge is 0.243 e. The number of carbonyl (C=O) groups excluding carboxylic acids is 1. The molecule has 0 aromatic heterocycles. The maximum Gasteiger partial charge on any atom is 0.243 e. The second-order valence-corrected chi connectivity index (χ2v) is 6.92. The highest BCUT2D eigenvalue weighted by Crippen LogP contribution is 2.40. The number of morpholine rings is 1. The van der Waals surface area contributed by atoms with Gasteiger partial charge in [0.1, 0.15) is 5.41 Å². The van der Waals surface area contributed by atoms with Gasteiger partial charge in [0.05, 0.1) is 24.8 Å². The Kier molecular flexibility index (Phi) is 3.94. The molecule has 2 aliphatic heterocycles. The monoisotopic (exact) mass is 291 g/mol. The van der Waals surface area contributed by atoms with E-state index in [2.05, 4.69) is 24.8 Å². The molecule has 116 valence electrons. The molecular weight excluding hydrogens is 266 g/mol. The van der Waals surface area contributed by atoms with Crippen molar-refractivity contribution in [2.75, 3.05) is 26.2 Å². The average Bonchev–Trinajstić information content (AvgIpc) is 3.13. The van der Waals surface area contributed by atoms with E-state index >= 15 is 0 Å². The molecule has 5 nitrogen and oxygen atoms in total. The first-order valence-corrected chi connectivity index (χ1v) is 8.15. The highest BCUT2D eigenvalue weighted by atomic mass is 16.5. The topological polar surface area (TPSA) is 56.6 Å². The third kappa shape index (κ3) is 2.45. The van der Waals surface area contributed by atoms with Gasteiger partial charge in [-0.3, -0.25) is 9.69 Å². The largest absolute Gasteiger partial charge is 0.373 e. The molecule has 1 saturated carbocycles. The summed E-state index contributed by atoms with van der Waals surface area (Å²) in [6, 6.07) is 3.08. The minimum Gasteiger partial charge on any atom is -0.373 e. The predicted molar refractivity (Wildman–Crippen MR) is 78.5 cm³/mol. The van der Waals surface area contributed by atoms with Crippen LogP contribution in [0.25, 0.3) is 0 Å². The fourth-order valence-electron chi connectivity index (χ4n) is 4.18. The van der Waals surface area contributed by atoms with Crippen LogP contribution < -0.4 is 0 Å². The van der Waals surface area contributed by atoms with Crippen LogP contribution in [-0.2, 0) is 9.53 Å². The van der Waals surface area contributed by atoms with Gasteiger partial charge in [0, 0.05) is 25.7 Å². The van der Waals surface area contributed by atoms with Crippen molar-refractivity contribution in [1.82, 2.24) is 9.80 Å². The maximum atomic E-state index is 12.8. The van der Waals surface area contributed by atoms with Crippen LogP contribution in [0.1, 0.15) is 39.5 Å².